The highest BCUT2D eigenvalue weighted by Gasteiger charge is 2.49. The highest BCUT2D eigenvalue weighted by Crippen LogP contribution is 2.44. The summed E-state index contributed by atoms with van der Waals surface area (Å²) in [7, 11) is 1.47. The van der Waals surface area contributed by atoms with Gasteiger partial charge in [-0.05, 0) is 51.7 Å². The normalized spacial score (nSPS) is 16.4. The van der Waals surface area contributed by atoms with Crippen molar-refractivity contribution in [3.05, 3.63) is 29.5 Å². The maximum Gasteiger partial charge on any atom is 0.409 e. The van der Waals surface area contributed by atoms with Gasteiger partial charge in [0.25, 0.3) is 5.91 Å². The summed E-state index contributed by atoms with van der Waals surface area (Å²) in [6, 6.07) is 4.84. The maximum atomic E-state index is 14.1. The van der Waals surface area contributed by atoms with Gasteiger partial charge in [-0.25, -0.2) is 9.59 Å². The second kappa shape index (κ2) is 13.8. The van der Waals surface area contributed by atoms with Gasteiger partial charge < -0.3 is 39.6 Å². The largest absolute Gasteiger partial charge is 0.497 e. The van der Waals surface area contributed by atoms with E-state index in [-0.39, 0.29) is 68.3 Å². The number of pyridine rings is 1. The number of amides is 3. The zero-order valence-electron chi connectivity index (χ0n) is 25.1. The number of nitrogens with two attached hydrogens (primary N) is 1. The first-order chi connectivity index (χ1) is 21.0. The highest BCUT2D eigenvalue weighted by molar-refractivity contribution is 6.05. The molecule has 1 aromatic carbocycles. The molecule has 3 amide bonds. The van der Waals surface area contributed by atoms with Crippen LogP contribution in [0.2, 0.25) is 0 Å². The van der Waals surface area contributed by atoms with Gasteiger partial charge in [-0.3, -0.25) is 19.4 Å². The third-order valence-electron chi connectivity index (χ3n) is 7.92. The van der Waals surface area contributed by atoms with Crippen LogP contribution in [0.25, 0.3) is 10.9 Å². The van der Waals surface area contributed by atoms with E-state index in [9.17, 15) is 29.1 Å². The zero-order chi connectivity index (χ0) is 32.0. The average Bonchev–Trinajstić information content (AvgIpc) is 2.98. The lowest BCUT2D eigenvalue weighted by Crippen LogP contribution is -2.52. The second-order valence-electron chi connectivity index (χ2n) is 10.6. The molecule has 2 heterocycles. The van der Waals surface area contributed by atoms with Gasteiger partial charge in [0.1, 0.15) is 17.1 Å². The van der Waals surface area contributed by atoms with E-state index in [4.69, 9.17) is 24.7 Å². The van der Waals surface area contributed by atoms with Crippen molar-refractivity contribution in [3.8, 4) is 11.5 Å². The molecule has 1 unspecified atom stereocenters. The van der Waals surface area contributed by atoms with Gasteiger partial charge in [0.15, 0.2) is 0 Å². The molecule has 238 valence electrons. The Bertz CT molecular complexity index is 1430. The van der Waals surface area contributed by atoms with Crippen molar-refractivity contribution in [1.29, 1.82) is 0 Å². The van der Waals surface area contributed by atoms with E-state index in [1.165, 1.54) is 16.9 Å². The summed E-state index contributed by atoms with van der Waals surface area (Å²) in [5, 5.41) is 9.89. The number of carboxylic acid groups (broad SMARTS) is 1. The first-order valence-electron chi connectivity index (χ1n) is 14.6. The molecule has 14 heteroatoms. The van der Waals surface area contributed by atoms with Crippen LogP contribution in [0.5, 0.6) is 11.5 Å². The lowest BCUT2D eigenvalue weighted by atomic mass is 9.79. The van der Waals surface area contributed by atoms with E-state index in [2.05, 4.69) is 4.98 Å². The number of methoxy groups -OCH3 is 1. The lowest BCUT2D eigenvalue weighted by Gasteiger charge is -2.40. The van der Waals surface area contributed by atoms with Crippen molar-refractivity contribution in [2.24, 2.45) is 5.73 Å². The van der Waals surface area contributed by atoms with Gasteiger partial charge >= 0.3 is 18.0 Å². The van der Waals surface area contributed by atoms with Crippen molar-refractivity contribution < 1.29 is 48.0 Å². The molecule has 2 aliphatic rings. The summed E-state index contributed by atoms with van der Waals surface area (Å²) < 4.78 is 22.1. The third-order valence-corrected chi connectivity index (χ3v) is 7.92. The Hall–Kier alpha value is -4.62. The van der Waals surface area contributed by atoms with Crippen molar-refractivity contribution in [1.82, 2.24) is 14.8 Å². The average molecular weight is 615 g/mol. The molecular formula is C30H38N4O10. The Morgan fingerprint density at radius 1 is 1.02 bits per heavy atom. The summed E-state index contributed by atoms with van der Waals surface area (Å²) in [6.07, 6.45) is 0.273. The van der Waals surface area contributed by atoms with E-state index < -0.39 is 47.8 Å². The number of hydrogen-bond acceptors (Lipinski definition) is 10. The molecule has 1 atom stereocenters. The van der Waals surface area contributed by atoms with Crippen LogP contribution >= 0.6 is 0 Å². The number of benzene rings is 1. The van der Waals surface area contributed by atoms with Gasteiger partial charge in [0.2, 0.25) is 11.5 Å². The number of aromatic nitrogens is 1. The first-order valence-corrected chi connectivity index (χ1v) is 14.6. The van der Waals surface area contributed by atoms with Crippen LogP contribution in [0.4, 0.5) is 4.79 Å². The van der Waals surface area contributed by atoms with Crippen LogP contribution in [-0.2, 0) is 23.9 Å². The minimum Gasteiger partial charge on any atom is -0.497 e. The molecule has 14 nitrogen and oxygen atoms in total. The lowest BCUT2D eigenvalue weighted by molar-refractivity contribution is -0.169. The standard InChI is InChI=1S/C30H38N4O10/c1-4-42-28(39)30(11-6-12-30)44-25-19-8-7-18(41-3)17-21(19)32-24(23(25)26(31)37)20(9-10-22(35)36)27(38)33-13-15-34(16-14-33)29(40)43-5-2/h7-8,17,20H,4-6,9-16H2,1-3H3,(H2,31,37)(H,35,36). The number of rotatable bonds is 12. The summed E-state index contributed by atoms with van der Waals surface area (Å²) in [5.74, 6) is -3.99. The number of hydrogen-bond donors (Lipinski definition) is 2. The number of piperazine rings is 1. The molecule has 0 spiro atoms. The van der Waals surface area contributed by atoms with Crippen molar-refractivity contribution in [2.45, 2.75) is 57.5 Å². The number of aliphatic carboxylic acids is 1. The minimum absolute atomic E-state index is 0.0341. The Morgan fingerprint density at radius 2 is 1.68 bits per heavy atom. The van der Waals surface area contributed by atoms with Crippen molar-refractivity contribution in [2.75, 3.05) is 46.5 Å². The predicted molar refractivity (Wildman–Crippen MR) is 155 cm³/mol. The SMILES string of the molecule is CCOC(=O)N1CCN(C(=O)C(CCC(=O)O)c2nc3cc(OC)ccc3c(OC3(C(=O)OCC)CCC3)c2C(N)=O)CC1. The molecular weight excluding hydrogens is 576 g/mol. The Morgan fingerprint density at radius 3 is 2.23 bits per heavy atom. The fraction of sp³-hybridized carbons (Fsp3) is 0.533. The van der Waals surface area contributed by atoms with Gasteiger partial charge in [-0.15, -0.1) is 0 Å². The van der Waals surface area contributed by atoms with Crippen LogP contribution < -0.4 is 15.2 Å². The van der Waals surface area contributed by atoms with Gasteiger partial charge in [-0.2, -0.15) is 0 Å². The van der Waals surface area contributed by atoms with Gasteiger partial charge in [-0.1, -0.05) is 0 Å². The van der Waals surface area contributed by atoms with Crippen molar-refractivity contribution in [3.63, 3.8) is 0 Å². The number of fused-ring (bicyclic) bond motifs is 1. The molecule has 44 heavy (non-hydrogen) atoms. The monoisotopic (exact) mass is 614 g/mol. The number of ether oxygens (including phenoxy) is 4. The maximum absolute atomic E-state index is 14.1. The van der Waals surface area contributed by atoms with E-state index >= 15 is 0 Å². The summed E-state index contributed by atoms with van der Waals surface area (Å²) in [4.78, 5) is 71.8. The quantitative estimate of drug-likeness (QED) is 0.334. The molecule has 1 aromatic heterocycles. The molecule has 1 aliphatic carbocycles. The number of carboxylic acids is 1. The Balaban J connectivity index is 1.84. The van der Waals surface area contributed by atoms with Gasteiger partial charge in [0, 0.05) is 44.1 Å². The first kappa shape index (κ1) is 32.3. The molecule has 1 saturated heterocycles. The zero-order valence-corrected chi connectivity index (χ0v) is 25.1. The summed E-state index contributed by atoms with van der Waals surface area (Å²) in [6.45, 7) is 4.44. The number of nitrogens with zero attached hydrogens (tertiary/aromatic N) is 3. The van der Waals surface area contributed by atoms with Gasteiger partial charge in [0.05, 0.1) is 37.5 Å². The minimum atomic E-state index is -1.37. The Labute approximate surface area is 254 Å². The number of carbonyl (C=O) groups excluding carboxylic acids is 4. The van der Waals surface area contributed by atoms with Crippen LogP contribution in [0.3, 0.4) is 0 Å². The van der Waals surface area contributed by atoms with Crippen molar-refractivity contribution >= 4 is 40.7 Å². The predicted octanol–water partition coefficient (Wildman–Crippen LogP) is 2.46. The number of esters is 1. The molecule has 3 N–H and O–H groups in total. The Kier molecular flexibility index (Phi) is 10.1. The second-order valence-corrected chi connectivity index (χ2v) is 10.6. The van der Waals surface area contributed by atoms with E-state index in [1.807, 2.05) is 0 Å². The third kappa shape index (κ3) is 6.63. The van der Waals surface area contributed by atoms with Crippen LogP contribution in [0, 0.1) is 0 Å². The van der Waals surface area contributed by atoms with E-state index in [1.54, 1.807) is 32.0 Å². The smallest absolute Gasteiger partial charge is 0.409 e. The molecule has 1 saturated carbocycles. The molecule has 0 radical (unpaired) electrons. The number of primary amides is 1. The fourth-order valence-corrected chi connectivity index (χ4v) is 5.45. The topological polar surface area (TPSA) is 188 Å². The van der Waals surface area contributed by atoms with Crippen LogP contribution in [0.15, 0.2) is 18.2 Å². The highest BCUT2D eigenvalue weighted by atomic mass is 16.6. The van der Waals surface area contributed by atoms with E-state index in [0.29, 0.717) is 30.4 Å². The van der Waals surface area contributed by atoms with Crippen LogP contribution in [0.1, 0.15) is 67.9 Å². The number of carbonyl (C=O) groups is 5. The fourth-order valence-electron chi connectivity index (χ4n) is 5.45. The molecule has 0 bridgehead atoms. The summed E-state index contributed by atoms with van der Waals surface area (Å²) in [5.41, 5.74) is 4.57. The molecule has 1 aliphatic heterocycles. The molecule has 2 fully saturated rings. The summed E-state index contributed by atoms with van der Waals surface area (Å²) >= 11 is 0. The molecule has 4 rings (SSSR count). The molecule has 2 aromatic rings. The van der Waals surface area contributed by atoms with E-state index in [0.717, 1.165) is 0 Å². The van der Waals surface area contributed by atoms with Crippen LogP contribution in [-0.4, -0.2) is 102 Å².